The van der Waals surface area contributed by atoms with Gasteiger partial charge in [0.05, 0.1) is 28.5 Å². The van der Waals surface area contributed by atoms with Crippen LogP contribution in [0.25, 0.3) is 5.69 Å². The molecule has 0 spiro atoms. The quantitative estimate of drug-likeness (QED) is 0.669. The van der Waals surface area contributed by atoms with Gasteiger partial charge in [-0.15, -0.1) is 5.10 Å². The summed E-state index contributed by atoms with van der Waals surface area (Å²) >= 11 is 0. The number of hydrogen-bond acceptors (Lipinski definition) is 5. The molecule has 0 bridgehead atoms. The molecule has 1 unspecified atom stereocenters. The van der Waals surface area contributed by atoms with Crippen molar-refractivity contribution in [1.29, 1.82) is 0 Å². The molecule has 19 heavy (non-hydrogen) atoms. The summed E-state index contributed by atoms with van der Waals surface area (Å²) in [6.07, 6.45) is 2.45. The Bertz CT molecular complexity index is 608. The Hall–Kier alpha value is -2.28. The minimum absolute atomic E-state index is 0.0642. The largest absolute Gasteiger partial charge is 0.323 e. The van der Waals surface area contributed by atoms with Crippen molar-refractivity contribution in [1.82, 2.24) is 15.0 Å². The average Bonchev–Trinajstić information content (AvgIpc) is 2.87. The summed E-state index contributed by atoms with van der Waals surface area (Å²) in [4.78, 5) is 10.5. The topological polar surface area (TPSA) is 99.9 Å². The van der Waals surface area contributed by atoms with Crippen LogP contribution < -0.4 is 5.73 Å². The van der Waals surface area contributed by atoms with Gasteiger partial charge in [0, 0.05) is 11.6 Å². The molecule has 0 radical (unpaired) electrons. The van der Waals surface area contributed by atoms with Crippen LogP contribution in [0.2, 0.25) is 0 Å². The van der Waals surface area contributed by atoms with Crippen molar-refractivity contribution in [2.75, 3.05) is 0 Å². The fourth-order valence-corrected chi connectivity index (χ4v) is 1.72. The lowest BCUT2D eigenvalue weighted by atomic mass is 10.2. The van der Waals surface area contributed by atoms with E-state index in [9.17, 15) is 10.1 Å². The second-order valence-electron chi connectivity index (χ2n) is 4.33. The first-order valence-corrected chi connectivity index (χ1v) is 5.96. The predicted octanol–water partition coefficient (Wildman–Crippen LogP) is 1.89. The van der Waals surface area contributed by atoms with Crippen molar-refractivity contribution in [3.8, 4) is 5.69 Å². The summed E-state index contributed by atoms with van der Waals surface area (Å²) in [6.45, 7) is 3.65. The minimum atomic E-state index is -0.408. The van der Waals surface area contributed by atoms with Gasteiger partial charge in [-0.3, -0.25) is 10.1 Å². The van der Waals surface area contributed by atoms with Crippen LogP contribution in [0.5, 0.6) is 0 Å². The molecule has 1 aromatic carbocycles. The second-order valence-corrected chi connectivity index (χ2v) is 4.33. The SMILES string of the molecule is CCC(N)c1cn(-c2ccc(C)c([N+](=O)[O-])c2)nn1. The average molecular weight is 261 g/mol. The van der Waals surface area contributed by atoms with Crippen LogP contribution in [0.4, 0.5) is 5.69 Å². The number of nitro benzene ring substituents is 1. The molecule has 1 aromatic heterocycles. The first-order valence-electron chi connectivity index (χ1n) is 5.96. The van der Waals surface area contributed by atoms with Gasteiger partial charge in [-0.1, -0.05) is 18.2 Å². The van der Waals surface area contributed by atoms with Gasteiger partial charge in [0.15, 0.2) is 0 Å². The van der Waals surface area contributed by atoms with Crippen LogP contribution in [0.3, 0.4) is 0 Å². The van der Waals surface area contributed by atoms with Crippen LogP contribution in [0.15, 0.2) is 24.4 Å². The summed E-state index contributed by atoms with van der Waals surface area (Å²) in [5, 5.41) is 18.8. The summed E-state index contributed by atoms with van der Waals surface area (Å²) in [5.41, 5.74) is 7.81. The standard InChI is InChI=1S/C12H15N5O2/c1-3-10(13)11-7-16(15-14-11)9-5-4-8(2)12(6-9)17(18)19/h4-7,10H,3,13H2,1-2H3. The van der Waals surface area contributed by atoms with Gasteiger partial charge in [0.1, 0.15) is 0 Å². The minimum Gasteiger partial charge on any atom is -0.323 e. The van der Waals surface area contributed by atoms with E-state index in [2.05, 4.69) is 10.3 Å². The molecule has 7 heteroatoms. The molecule has 0 saturated carbocycles. The lowest BCUT2D eigenvalue weighted by molar-refractivity contribution is -0.385. The van der Waals surface area contributed by atoms with E-state index in [1.165, 1.54) is 10.7 Å². The van der Waals surface area contributed by atoms with Crippen molar-refractivity contribution >= 4 is 5.69 Å². The smallest absolute Gasteiger partial charge is 0.274 e. The van der Waals surface area contributed by atoms with Gasteiger partial charge in [0.25, 0.3) is 5.69 Å². The third kappa shape index (κ3) is 2.60. The zero-order valence-corrected chi connectivity index (χ0v) is 10.8. The van der Waals surface area contributed by atoms with Gasteiger partial charge >= 0.3 is 0 Å². The van der Waals surface area contributed by atoms with E-state index < -0.39 is 4.92 Å². The molecule has 0 saturated heterocycles. The molecule has 1 heterocycles. The Balaban J connectivity index is 2.39. The fourth-order valence-electron chi connectivity index (χ4n) is 1.72. The maximum atomic E-state index is 10.9. The Morgan fingerprint density at radius 1 is 1.53 bits per heavy atom. The number of nitrogens with zero attached hydrogens (tertiary/aromatic N) is 4. The van der Waals surface area contributed by atoms with Gasteiger partial charge in [-0.25, -0.2) is 4.68 Å². The van der Waals surface area contributed by atoms with Crippen molar-refractivity contribution in [2.24, 2.45) is 5.73 Å². The molecule has 1 atom stereocenters. The Morgan fingerprint density at radius 2 is 2.26 bits per heavy atom. The van der Waals surface area contributed by atoms with E-state index >= 15 is 0 Å². The van der Waals surface area contributed by atoms with E-state index in [4.69, 9.17) is 5.73 Å². The van der Waals surface area contributed by atoms with Crippen molar-refractivity contribution in [2.45, 2.75) is 26.3 Å². The maximum Gasteiger partial charge on any atom is 0.274 e. The zero-order chi connectivity index (χ0) is 14.0. The molecule has 7 nitrogen and oxygen atoms in total. The fraction of sp³-hybridized carbons (Fsp3) is 0.333. The normalized spacial score (nSPS) is 12.4. The Kier molecular flexibility index (Phi) is 3.57. The highest BCUT2D eigenvalue weighted by Crippen LogP contribution is 2.21. The van der Waals surface area contributed by atoms with E-state index in [1.54, 1.807) is 25.3 Å². The summed E-state index contributed by atoms with van der Waals surface area (Å²) < 4.78 is 1.50. The Labute approximate surface area is 110 Å². The van der Waals surface area contributed by atoms with E-state index in [-0.39, 0.29) is 11.7 Å². The van der Waals surface area contributed by atoms with Crippen molar-refractivity contribution in [3.05, 3.63) is 45.8 Å². The predicted molar refractivity (Wildman–Crippen MR) is 70.0 cm³/mol. The molecule has 2 rings (SSSR count). The van der Waals surface area contributed by atoms with Crippen molar-refractivity contribution < 1.29 is 4.92 Å². The lowest BCUT2D eigenvalue weighted by Crippen LogP contribution is -2.08. The van der Waals surface area contributed by atoms with Crippen LogP contribution in [-0.2, 0) is 0 Å². The molecule has 0 aliphatic carbocycles. The van der Waals surface area contributed by atoms with Crippen LogP contribution >= 0.6 is 0 Å². The van der Waals surface area contributed by atoms with Crippen LogP contribution in [-0.4, -0.2) is 19.9 Å². The third-order valence-corrected chi connectivity index (χ3v) is 2.98. The van der Waals surface area contributed by atoms with Crippen LogP contribution in [0.1, 0.15) is 30.6 Å². The maximum absolute atomic E-state index is 10.9. The van der Waals surface area contributed by atoms with Gasteiger partial charge < -0.3 is 5.73 Å². The van der Waals surface area contributed by atoms with E-state index in [1.807, 2.05) is 6.92 Å². The summed E-state index contributed by atoms with van der Waals surface area (Å²) in [6, 6.07) is 4.76. The molecule has 0 fully saturated rings. The first kappa shape index (κ1) is 13.2. The van der Waals surface area contributed by atoms with Crippen molar-refractivity contribution in [3.63, 3.8) is 0 Å². The highest BCUT2D eigenvalue weighted by molar-refractivity contribution is 5.48. The highest BCUT2D eigenvalue weighted by Gasteiger charge is 2.14. The number of aromatic nitrogens is 3. The lowest BCUT2D eigenvalue weighted by Gasteiger charge is -2.03. The number of hydrogen-bond donors (Lipinski definition) is 1. The second kappa shape index (κ2) is 5.15. The number of rotatable bonds is 4. The third-order valence-electron chi connectivity index (χ3n) is 2.98. The number of nitro groups is 1. The summed E-state index contributed by atoms with van der Waals surface area (Å²) in [5.74, 6) is 0. The monoisotopic (exact) mass is 261 g/mol. The number of aryl methyl sites for hydroxylation is 1. The number of benzene rings is 1. The molecular weight excluding hydrogens is 246 g/mol. The molecule has 2 N–H and O–H groups in total. The van der Waals surface area contributed by atoms with Gasteiger partial charge in [0.2, 0.25) is 0 Å². The molecule has 0 aliphatic rings. The molecular formula is C12H15N5O2. The van der Waals surface area contributed by atoms with Gasteiger partial charge in [-0.05, 0) is 19.4 Å². The van der Waals surface area contributed by atoms with E-state index in [0.717, 1.165) is 6.42 Å². The summed E-state index contributed by atoms with van der Waals surface area (Å²) in [7, 11) is 0. The number of nitrogens with two attached hydrogens (primary N) is 1. The Morgan fingerprint density at radius 3 is 2.89 bits per heavy atom. The van der Waals surface area contributed by atoms with E-state index in [0.29, 0.717) is 16.9 Å². The molecule has 0 aliphatic heterocycles. The first-order chi connectivity index (χ1) is 9.02. The molecule has 100 valence electrons. The molecule has 0 amide bonds. The van der Waals surface area contributed by atoms with Crippen LogP contribution in [0, 0.1) is 17.0 Å². The molecule has 2 aromatic rings. The van der Waals surface area contributed by atoms with Gasteiger partial charge in [-0.2, -0.15) is 0 Å². The highest BCUT2D eigenvalue weighted by atomic mass is 16.6. The zero-order valence-electron chi connectivity index (χ0n) is 10.8.